The van der Waals surface area contributed by atoms with Gasteiger partial charge in [-0.15, -0.1) is 0 Å². The first-order valence-corrected chi connectivity index (χ1v) is 12.8. The number of allylic oxidation sites excluding steroid dienone is 1. The van der Waals surface area contributed by atoms with Gasteiger partial charge in [0.1, 0.15) is 11.5 Å². The number of halogens is 1. The first kappa shape index (κ1) is 25.7. The molecular formula is C27H28ClN3O4S. The summed E-state index contributed by atoms with van der Waals surface area (Å²) in [6.07, 6.45) is 1.77. The third kappa shape index (κ3) is 4.70. The van der Waals surface area contributed by atoms with Crippen LogP contribution in [0.4, 0.5) is 0 Å². The number of amides is 1. The van der Waals surface area contributed by atoms with Crippen LogP contribution >= 0.6 is 22.9 Å². The second-order valence-electron chi connectivity index (χ2n) is 8.22. The predicted octanol–water partition coefficient (Wildman–Crippen LogP) is 3.77. The zero-order valence-electron chi connectivity index (χ0n) is 20.9. The summed E-state index contributed by atoms with van der Waals surface area (Å²) in [5.74, 6) is 1.13. The van der Waals surface area contributed by atoms with E-state index in [0.29, 0.717) is 55.8 Å². The van der Waals surface area contributed by atoms with Gasteiger partial charge in [0.05, 0.1) is 36.1 Å². The van der Waals surface area contributed by atoms with E-state index in [4.69, 9.17) is 26.1 Å². The molecule has 2 aromatic carbocycles. The van der Waals surface area contributed by atoms with E-state index in [-0.39, 0.29) is 11.5 Å². The summed E-state index contributed by atoms with van der Waals surface area (Å²) in [7, 11) is 3.17. The third-order valence-electron chi connectivity index (χ3n) is 6.21. The molecule has 0 N–H and O–H groups in total. The molecule has 4 rings (SSSR count). The van der Waals surface area contributed by atoms with Crippen LogP contribution in [0.3, 0.4) is 0 Å². The molecule has 0 radical (unpaired) electrons. The Kier molecular flexibility index (Phi) is 7.66. The van der Waals surface area contributed by atoms with Gasteiger partial charge in [-0.3, -0.25) is 14.2 Å². The van der Waals surface area contributed by atoms with Crippen LogP contribution in [-0.2, 0) is 4.79 Å². The van der Waals surface area contributed by atoms with Crippen LogP contribution in [0.2, 0.25) is 5.02 Å². The van der Waals surface area contributed by atoms with Crippen molar-refractivity contribution in [3.05, 3.63) is 89.6 Å². The van der Waals surface area contributed by atoms with Crippen molar-refractivity contribution >= 4 is 34.9 Å². The van der Waals surface area contributed by atoms with E-state index in [2.05, 4.69) is 0 Å². The van der Waals surface area contributed by atoms with Gasteiger partial charge >= 0.3 is 0 Å². The molecule has 0 fully saturated rings. The fourth-order valence-corrected chi connectivity index (χ4v) is 5.49. The lowest BCUT2D eigenvalue weighted by atomic mass is 9.94. The molecule has 0 saturated carbocycles. The number of hydrogen-bond donors (Lipinski definition) is 0. The molecule has 7 nitrogen and oxygen atoms in total. The Morgan fingerprint density at radius 1 is 1.14 bits per heavy atom. The highest BCUT2D eigenvalue weighted by molar-refractivity contribution is 7.07. The number of rotatable bonds is 7. The minimum absolute atomic E-state index is 0.134. The monoisotopic (exact) mass is 525 g/mol. The fourth-order valence-electron chi connectivity index (χ4n) is 4.33. The number of benzene rings is 2. The second kappa shape index (κ2) is 10.7. The van der Waals surface area contributed by atoms with Crippen molar-refractivity contribution in [3.8, 4) is 11.5 Å². The Labute approximate surface area is 218 Å². The maximum atomic E-state index is 13.8. The Hall–Kier alpha value is -3.36. The molecule has 1 aromatic heterocycles. The highest BCUT2D eigenvalue weighted by Gasteiger charge is 2.34. The Morgan fingerprint density at radius 3 is 2.44 bits per heavy atom. The van der Waals surface area contributed by atoms with E-state index in [0.717, 1.165) is 5.56 Å². The number of carbonyl (C=O) groups is 1. The molecule has 2 heterocycles. The van der Waals surface area contributed by atoms with Gasteiger partial charge in [-0.25, -0.2) is 4.99 Å². The van der Waals surface area contributed by atoms with Crippen LogP contribution in [0.5, 0.6) is 11.5 Å². The summed E-state index contributed by atoms with van der Waals surface area (Å²) in [4.78, 5) is 34.4. The average Bonchev–Trinajstić information content (AvgIpc) is 3.18. The molecule has 188 valence electrons. The molecule has 9 heteroatoms. The third-order valence-corrected chi connectivity index (χ3v) is 7.45. The van der Waals surface area contributed by atoms with E-state index < -0.39 is 6.04 Å². The zero-order valence-corrected chi connectivity index (χ0v) is 22.4. The molecule has 36 heavy (non-hydrogen) atoms. The van der Waals surface area contributed by atoms with Crippen LogP contribution in [0.1, 0.15) is 37.9 Å². The second-order valence-corrected chi connectivity index (χ2v) is 9.66. The number of thiazole rings is 1. The smallest absolute Gasteiger partial charge is 0.271 e. The highest BCUT2D eigenvalue weighted by Crippen LogP contribution is 2.32. The number of nitrogens with zero attached hydrogens (tertiary/aromatic N) is 3. The summed E-state index contributed by atoms with van der Waals surface area (Å²) in [5.41, 5.74) is 2.34. The highest BCUT2D eigenvalue weighted by atomic mass is 35.5. The Morgan fingerprint density at radius 2 is 1.83 bits per heavy atom. The molecule has 0 spiro atoms. The van der Waals surface area contributed by atoms with Crippen molar-refractivity contribution in [1.82, 2.24) is 9.47 Å². The van der Waals surface area contributed by atoms with Crippen molar-refractivity contribution < 1.29 is 14.3 Å². The molecular weight excluding hydrogens is 498 g/mol. The number of likely N-dealkylation sites (N-methyl/N-ethyl adjacent to an activating group) is 1. The van der Waals surface area contributed by atoms with Gasteiger partial charge in [-0.05, 0) is 62.7 Å². The minimum Gasteiger partial charge on any atom is -0.497 e. The van der Waals surface area contributed by atoms with Gasteiger partial charge < -0.3 is 14.4 Å². The van der Waals surface area contributed by atoms with Gasteiger partial charge in [-0.1, -0.05) is 35.1 Å². The van der Waals surface area contributed by atoms with E-state index >= 15 is 0 Å². The molecule has 1 aliphatic rings. The Bertz CT molecular complexity index is 1500. The quantitative estimate of drug-likeness (QED) is 0.470. The number of carbonyl (C=O) groups excluding carboxylic acids is 1. The van der Waals surface area contributed by atoms with Gasteiger partial charge in [0.15, 0.2) is 4.80 Å². The Balaban J connectivity index is 1.97. The molecule has 0 unspecified atom stereocenters. The zero-order chi connectivity index (χ0) is 26.0. The fraction of sp³-hybridized carbons (Fsp3) is 0.296. The summed E-state index contributed by atoms with van der Waals surface area (Å²) in [6, 6.07) is 12.0. The van der Waals surface area contributed by atoms with Crippen molar-refractivity contribution in [2.45, 2.75) is 26.8 Å². The maximum Gasteiger partial charge on any atom is 0.271 e. The van der Waals surface area contributed by atoms with Crippen molar-refractivity contribution in [2.75, 3.05) is 27.3 Å². The lowest BCUT2D eigenvalue weighted by molar-refractivity contribution is -0.127. The van der Waals surface area contributed by atoms with Crippen LogP contribution in [0, 0.1) is 0 Å². The van der Waals surface area contributed by atoms with Gasteiger partial charge in [0, 0.05) is 23.7 Å². The SMILES string of the molecule is CCN(CC)C(=O)C1=C(C)N=c2s/c(=C/c3cc(OC)ccc3OC)c(=O)n2[C@H]1c1ccc(Cl)cc1. The number of methoxy groups -OCH3 is 2. The van der Waals surface area contributed by atoms with Crippen LogP contribution in [0.15, 0.2) is 63.5 Å². The first-order valence-electron chi connectivity index (χ1n) is 11.6. The standard InChI is InChI=1S/C27H28ClN3O4S/c1-6-30(7-2)26(33)23-16(3)29-27-31(24(23)17-8-10-19(28)11-9-17)25(32)22(36-27)15-18-14-20(34-4)12-13-21(18)35-5/h8-15,24H,6-7H2,1-5H3/b22-15+/t24-/m0/s1. The first-order chi connectivity index (χ1) is 17.3. The van der Waals surface area contributed by atoms with Crippen LogP contribution in [-0.4, -0.2) is 42.7 Å². The van der Waals surface area contributed by atoms with Crippen molar-refractivity contribution in [1.29, 1.82) is 0 Å². The summed E-state index contributed by atoms with van der Waals surface area (Å²) >= 11 is 7.43. The van der Waals surface area contributed by atoms with E-state index in [1.165, 1.54) is 11.3 Å². The molecule has 0 bridgehead atoms. The molecule has 1 atom stereocenters. The number of ether oxygens (including phenoxy) is 2. The van der Waals surface area contributed by atoms with Crippen LogP contribution < -0.4 is 24.4 Å². The van der Waals surface area contributed by atoms with E-state index in [9.17, 15) is 9.59 Å². The van der Waals surface area contributed by atoms with E-state index in [1.54, 1.807) is 54.0 Å². The summed E-state index contributed by atoms with van der Waals surface area (Å²) in [6.45, 7) is 6.80. The summed E-state index contributed by atoms with van der Waals surface area (Å²) < 4.78 is 12.9. The van der Waals surface area contributed by atoms with Gasteiger partial charge in [0.25, 0.3) is 11.5 Å². The molecule has 0 aliphatic carbocycles. The van der Waals surface area contributed by atoms with Crippen LogP contribution in [0.25, 0.3) is 6.08 Å². The topological polar surface area (TPSA) is 73.1 Å². The minimum atomic E-state index is -0.624. The summed E-state index contributed by atoms with van der Waals surface area (Å²) in [5, 5.41) is 0.577. The number of hydrogen-bond acceptors (Lipinski definition) is 6. The predicted molar refractivity (Wildman–Crippen MR) is 143 cm³/mol. The van der Waals surface area contributed by atoms with Gasteiger partial charge in [-0.2, -0.15) is 0 Å². The van der Waals surface area contributed by atoms with Crippen molar-refractivity contribution in [3.63, 3.8) is 0 Å². The largest absolute Gasteiger partial charge is 0.497 e. The molecule has 1 aliphatic heterocycles. The van der Waals surface area contributed by atoms with E-state index in [1.807, 2.05) is 39.0 Å². The average molecular weight is 526 g/mol. The number of aromatic nitrogens is 1. The normalized spacial score (nSPS) is 15.4. The molecule has 0 saturated heterocycles. The molecule has 1 amide bonds. The van der Waals surface area contributed by atoms with Crippen molar-refractivity contribution in [2.24, 2.45) is 4.99 Å². The molecule has 3 aromatic rings. The maximum absolute atomic E-state index is 13.8. The number of fused-ring (bicyclic) bond motifs is 1. The van der Waals surface area contributed by atoms with Gasteiger partial charge in [0.2, 0.25) is 0 Å². The lowest BCUT2D eigenvalue weighted by Crippen LogP contribution is -2.43. The lowest BCUT2D eigenvalue weighted by Gasteiger charge is -2.29.